The molecular weight excluding hydrogens is 300 g/mol. The molecule has 3 N–H and O–H groups in total. The highest BCUT2D eigenvalue weighted by Crippen LogP contribution is 2.16. The molecule has 0 aromatic carbocycles. The lowest BCUT2D eigenvalue weighted by Gasteiger charge is -2.14. The minimum atomic E-state index is 0.428. The quantitative estimate of drug-likeness (QED) is 0.728. The van der Waals surface area contributed by atoms with E-state index in [-0.39, 0.29) is 0 Å². The van der Waals surface area contributed by atoms with Crippen molar-refractivity contribution in [2.45, 2.75) is 32.7 Å². The summed E-state index contributed by atoms with van der Waals surface area (Å²) in [6, 6.07) is 3.85. The number of anilines is 1. The fourth-order valence-corrected chi connectivity index (χ4v) is 2.35. The topological polar surface area (TPSA) is 89.1 Å². The molecular formula is C18H24N6. The largest absolute Gasteiger partial charge is 0.343 e. The molecule has 6 heteroatoms. The first kappa shape index (κ1) is 17.7. The molecule has 2 rings (SSSR count). The molecule has 6 nitrogen and oxygen atoms in total. The zero-order valence-corrected chi connectivity index (χ0v) is 14.2. The van der Waals surface area contributed by atoms with Crippen molar-refractivity contribution in [3.63, 3.8) is 0 Å². The molecule has 2 heterocycles. The molecule has 2 aromatic rings. The molecule has 24 heavy (non-hydrogen) atoms. The second-order valence-electron chi connectivity index (χ2n) is 5.32. The average Bonchev–Trinajstić information content (AvgIpc) is 2.62. The summed E-state index contributed by atoms with van der Waals surface area (Å²) >= 11 is 0. The van der Waals surface area contributed by atoms with Crippen LogP contribution in [0.5, 0.6) is 0 Å². The molecule has 0 fully saturated rings. The van der Waals surface area contributed by atoms with Crippen molar-refractivity contribution >= 4 is 12.0 Å². The number of nitrogens with one attached hydrogen (secondary N) is 1. The van der Waals surface area contributed by atoms with Crippen LogP contribution in [0.15, 0.2) is 47.5 Å². The average molecular weight is 324 g/mol. The van der Waals surface area contributed by atoms with Crippen LogP contribution in [0.3, 0.4) is 0 Å². The predicted molar refractivity (Wildman–Crippen MR) is 98.0 cm³/mol. The van der Waals surface area contributed by atoms with Crippen molar-refractivity contribution in [1.82, 2.24) is 15.0 Å². The summed E-state index contributed by atoms with van der Waals surface area (Å²) in [5, 5.41) is 3.36. The molecule has 0 saturated heterocycles. The Morgan fingerprint density at radius 3 is 2.71 bits per heavy atom. The van der Waals surface area contributed by atoms with Gasteiger partial charge in [0.2, 0.25) is 0 Å². The summed E-state index contributed by atoms with van der Waals surface area (Å²) in [6.45, 7) is 2.57. The molecule has 0 bridgehead atoms. The van der Waals surface area contributed by atoms with Crippen LogP contribution in [0.1, 0.15) is 30.3 Å². The van der Waals surface area contributed by atoms with Gasteiger partial charge in [-0.3, -0.25) is 15.0 Å². The van der Waals surface area contributed by atoms with E-state index in [0.717, 1.165) is 41.3 Å². The van der Waals surface area contributed by atoms with E-state index in [2.05, 4.69) is 32.2 Å². The number of allylic oxidation sites excluding steroid dienone is 2. The van der Waals surface area contributed by atoms with Crippen LogP contribution < -0.4 is 11.1 Å². The third-order valence-electron chi connectivity index (χ3n) is 3.52. The number of aryl methyl sites for hydroxylation is 1. The molecule has 0 spiro atoms. The Hall–Kier alpha value is -2.60. The number of hydrogen-bond donors (Lipinski definition) is 2. The number of pyridine rings is 1. The van der Waals surface area contributed by atoms with E-state index >= 15 is 0 Å². The zero-order valence-electron chi connectivity index (χ0n) is 14.2. The van der Waals surface area contributed by atoms with Gasteiger partial charge in [0.15, 0.2) is 0 Å². The Balaban J connectivity index is 2.27. The maximum absolute atomic E-state index is 5.79. The van der Waals surface area contributed by atoms with Crippen LogP contribution in [-0.2, 0) is 19.4 Å². The monoisotopic (exact) mass is 324 g/mol. The minimum Gasteiger partial charge on any atom is -0.343 e. The molecule has 0 saturated carbocycles. The third-order valence-corrected chi connectivity index (χ3v) is 3.52. The van der Waals surface area contributed by atoms with Gasteiger partial charge >= 0.3 is 0 Å². The summed E-state index contributed by atoms with van der Waals surface area (Å²) in [6.07, 6.45) is 11.5. The Morgan fingerprint density at radius 2 is 2.00 bits per heavy atom. The fraction of sp³-hybridized carbons (Fsp3) is 0.333. The molecule has 0 amide bonds. The Labute approximate surface area is 143 Å². The van der Waals surface area contributed by atoms with E-state index in [4.69, 9.17) is 5.73 Å². The molecule has 0 aliphatic heterocycles. The molecule has 0 unspecified atom stereocenters. The van der Waals surface area contributed by atoms with E-state index in [1.807, 2.05) is 18.2 Å². The van der Waals surface area contributed by atoms with Gasteiger partial charge in [0, 0.05) is 56.1 Å². The van der Waals surface area contributed by atoms with Gasteiger partial charge in [0.05, 0.1) is 11.4 Å². The van der Waals surface area contributed by atoms with Crippen LogP contribution in [-0.4, -0.2) is 28.2 Å². The normalized spacial score (nSPS) is 11.9. The smallest absolute Gasteiger partial charge is 0.134 e. The second-order valence-corrected chi connectivity index (χ2v) is 5.32. The maximum Gasteiger partial charge on any atom is 0.134 e. The summed E-state index contributed by atoms with van der Waals surface area (Å²) in [7, 11) is 1.74. The van der Waals surface area contributed by atoms with Gasteiger partial charge in [-0.2, -0.15) is 0 Å². The Bertz CT molecular complexity index is 708. The molecule has 126 valence electrons. The number of rotatable bonds is 8. The summed E-state index contributed by atoms with van der Waals surface area (Å²) < 4.78 is 0. The molecule has 0 atom stereocenters. The van der Waals surface area contributed by atoms with Crippen molar-refractivity contribution in [2.24, 2.45) is 10.7 Å². The van der Waals surface area contributed by atoms with E-state index in [1.165, 1.54) is 0 Å². The summed E-state index contributed by atoms with van der Waals surface area (Å²) in [4.78, 5) is 17.4. The standard InChI is InChI=1S/C18H24N6/c1-3-5-16-17(22-11-10-21-16)12-15(7-9-20-2)24-18-14(13-19)6-4-8-23-18/h4,6-11H,3,5,12-13,19H2,1-2H3,(H,23,24)/b15-7-,20-9?. The molecule has 0 aliphatic rings. The number of nitrogens with two attached hydrogens (primary N) is 1. The lowest BCUT2D eigenvalue weighted by Crippen LogP contribution is -2.11. The number of nitrogens with zero attached hydrogens (tertiary/aromatic N) is 4. The van der Waals surface area contributed by atoms with Crippen molar-refractivity contribution in [3.8, 4) is 0 Å². The highest BCUT2D eigenvalue weighted by atomic mass is 15.0. The molecule has 2 aromatic heterocycles. The van der Waals surface area contributed by atoms with E-state index in [1.54, 1.807) is 31.9 Å². The van der Waals surface area contributed by atoms with Crippen LogP contribution in [0, 0.1) is 0 Å². The summed E-state index contributed by atoms with van der Waals surface area (Å²) in [5.41, 5.74) is 9.70. The lowest BCUT2D eigenvalue weighted by molar-refractivity contribution is 0.835. The first-order chi connectivity index (χ1) is 11.8. The minimum absolute atomic E-state index is 0.428. The number of hydrogen-bond acceptors (Lipinski definition) is 6. The van der Waals surface area contributed by atoms with Gasteiger partial charge in [-0.25, -0.2) is 4.98 Å². The highest BCUT2D eigenvalue weighted by molar-refractivity contribution is 5.73. The maximum atomic E-state index is 5.79. The van der Waals surface area contributed by atoms with E-state index in [9.17, 15) is 0 Å². The van der Waals surface area contributed by atoms with Gasteiger partial charge in [-0.05, 0) is 18.6 Å². The lowest BCUT2D eigenvalue weighted by atomic mass is 10.1. The van der Waals surface area contributed by atoms with Gasteiger partial charge in [-0.1, -0.05) is 19.4 Å². The van der Waals surface area contributed by atoms with E-state index in [0.29, 0.717) is 13.0 Å². The van der Waals surface area contributed by atoms with Crippen LogP contribution in [0.25, 0.3) is 0 Å². The molecule has 0 radical (unpaired) electrons. The highest BCUT2D eigenvalue weighted by Gasteiger charge is 2.09. The number of aromatic nitrogens is 3. The van der Waals surface area contributed by atoms with Crippen molar-refractivity contribution in [3.05, 3.63) is 59.4 Å². The van der Waals surface area contributed by atoms with E-state index < -0.39 is 0 Å². The SMILES string of the molecule is CCCc1nccnc1C/C(=C/C=NC)Nc1ncccc1CN. The molecule has 0 aliphatic carbocycles. The van der Waals surface area contributed by atoms with Crippen LogP contribution in [0.4, 0.5) is 5.82 Å². The number of aliphatic imine (C=N–C) groups is 1. The zero-order chi connectivity index (χ0) is 17.2. The van der Waals surface area contributed by atoms with Crippen molar-refractivity contribution in [2.75, 3.05) is 12.4 Å². The first-order valence-electron chi connectivity index (χ1n) is 8.09. The first-order valence-corrected chi connectivity index (χ1v) is 8.09. The van der Waals surface area contributed by atoms with Gasteiger partial charge in [0.25, 0.3) is 0 Å². The fourth-order valence-electron chi connectivity index (χ4n) is 2.35. The van der Waals surface area contributed by atoms with Crippen molar-refractivity contribution in [1.29, 1.82) is 0 Å². The van der Waals surface area contributed by atoms with Crippen LogP contribution >= 0.6 is 0 Å². The predicted octanol–water partition coefficient (Wildman–Crippen LogP) is 2.52. The van der Waals surface area contributed by atoms with Crippen LogP contribution in [0.2, 0.25) is 0 Å². The second kappa shape index (κ2) is 9.52. The third kappa shape index (κ3) is 4.96. The Kier molecular flexibility index (Phi) is 7.04. The Morgan fingerprint density at radius 1 is 1.21 bits per heavy atom. The van der Waals surface area contributed by atoms with Gasteiger partial charge in [0.1, 0.15) is 5.82 Å². The van der Waals surface area contributed by atoms with Gasteiger partial charge < -0.3 is 11.1 Å². The van der Waals surface area contributed by atoms with Crippen molar-refractivity contribution < 1.29 is 0 Å². The van der Waals surface area contributed by atoms with Gasteiger partial charge in [-0.15, -0.1) is 0 Å². The summed E-state index contributed by atoms with van der Waals surface area (Å²) in [5.74, 6) is 0.761.